The zero-order chi connectivity index (χ0) is 12.7. The molecule has 0 atom stereocenters. The molecule has 0 bridgehead atoms. The molecule has 1 aromatic rings. The number of rotatable bonds is 1. The van der Waals surface area contributed by atoms with E-state index in [1.165, 1.54) is 0 Å². The molecular weight excluding hydrogens is 228 g/mol. The number of hydrogen-bond donors (Lipinski definition) is 1. The third-order valence-corrected chi connectivity index (χ3v) is 3.74. The third kappa shape index (κ3) is 1.64. The Labute approximate surface area is 106 Å². The summed E-state index contributed by atoms with van der Waals surface area (Å²) in [6.45, 7) is 3.75. The van der Waals surface area contributed by atoms with Crippen molar-refractivity contribution < 1.29 is 9.59 Å². The third-order valence-electron chi connectivity index (χ3n) is 3.74. The van der Waals surface area contributed by atoms with Crippen molar-refractivity contribution in [1.82, 2.24) is 5.32 Å². The van der Waals surface area contributed by atoms with E-state index in [0.717, 1.165) is 37.2 Å². The summed E-state index contributed by atoms with van der Waals surface area (Å²) in [6, 6.07) is 5.83. The van der Waals surface area contributed by atoms with Gasteiger partial charge < -0.3 is 10.2 Å². The number of Topliss-reactive ketones (excluding diaryl/α,β-unsaturated/α-hetero) is 1. The van der Waals surface area contributed by atoms with Crippen LogP contribution in [0.1, 0.15) is 28.8 Å². The lowest BCUT2D eigenvalue weighted by Gasteiger charge is -2.31. The van der Waals surface area contributed by atoms with Gasteiger partial charge in [-0.2, -0.15) is 0 Å². The fourth-order valence-electron chi connectivity index (χ4n) is 2.80. The van der Waals surface area contributed by atoms with Gasteiger partial charge in [0.15, 0.2) is 0 Å². The van der Waals surface area contributed by atoms with Crippen molar-refractivity contribution in [3.05, 3.63) is 29.3 Å². The molecule has 0 saturated carbocycles. The van der Waals surface area contributed by atoms with E-state index in [1.807, 2.05) is 25.1 Å². The molecule has 0 aliphatic carbocycles. The van der Waals surface area contributed by atoms with Gasteiger partial charge in [-0.25, -0.2) is 0 Å². The zero-order valence-electron chi connectivity index (χ0n) is 10.4. The standard InChI is InChI=1S/C14H16N2O2/c1-9-2-3-12-11(8-9)13(17)14(18)16(12)10-4-6-15-7-5-10/h2-3,8,10,15H,4-7H2,1H3. The van der Waals surface area contributed by atoms with E-state index in [-0.39, 0.29) is 17.7 Å². The maximum atomic E-state index is 12.1. The van der Waals surface area contributed by atoms with Crippen LogP contribution in [-0.4, -0.2) is 30.8 Å². The van der Waals surface area contributed by atoms with E-state index < -0.39 is 0 Å². The Bertz CT molecular complexity index is 519. The van der Waals surface area contributed by atoms with Crippen LogP contribution >= 0.6 is 0 Å². The van der Waals surface area contributed by atoms with Crippen LogP contribution in [0.3, 0.4) is 0 Å². The predicted molar refractivity (Wildman–Crippen MR) is 68.9 cm³/mol. The molecule has 1 saturated heterocycles. The number of ketones is 1. The molecule has 2 heterocycles. The molecule has 0 aromatic heterocycles. The highest BCUT2D eigenvalue weighted by Gasteiger charge is 2.39. The molecule has 94 valence electrons. The number of nitrogens with one attached hydrogen (secondary N) is 1. The number of anilines is 1. The van der Waals surface area contributed by atoms with Crippen LogP contribution in [-0.2, 0) is 4.79 Å². The summed E-state index contributed by atoms with van der Waals surface area (Å²) >= 11 is 0. The number of carbonyl (C=O) groups excluding carboxylic acids is 2. The zero-order valence-corrected chi connectivity index (χ0v) is 10.4. The molecule has 1 amide bonds. The van der Waals surface area contributed by atoms with Gasteiger partial charge in [-0.15, -0.1) is 0 Å². The smallest absolute Gasteiger partial charge is 0.299 e. The van der Waals surface area contributed by atoms with Crippen LogP contribution in [0, 0.1) is 6.92 Å². The predicted octanol–water partition coefficient (Wildman–Crippen LogP) is 1.28. The molecule has 4 nitrogen and oxygen atoms in total. The van der Waals surface area contributed by atoms with Crippen LogP contribution in [0.15, 0.2) is 18.2 Å². The fraction of sp³-hybridized carbons (Fsp3) is 0.429. The second kappa shape index (κ2) is 4.21. The average Bonchev–Trinajstić information content (AvgIpc) is 2.64. The van der Waals surface area contributed by atoms with Gasteiger partial charge in [-0.05, 0) is 45.0 Å². The first-order chi connectivity index (χ1) is 8.68. The molecule has 18 heavy (non-hydrogen) atoms. The van der Waals surface area contributed by atoms with Crippen molar-refractivity contribution in [3.8, 4) is 0 Å². The van der Waals surface area contributed by atoms with Gasteiger partial charge in [0.05, 0.1) is 11.3 Å². The Kier molecular flexibility index (Phi) is 2.67. The molecule has 4 heteroatoms. The van der Waals surface area contributed by atoms with E-state index in [2.05, 4.69) is 5.32 Å². The highest BCUT2D eigenvalue weighted by Crippen LogP contribution is 2.33. The lowest BCUT2D eigenvalue weighted by atomic mass is 10.0. The van der Waals surface area contributed by atoms with Gasteiger partial charge in [0.2, 0.25) is 0 Å². The van der Waals surface area contributed by atoms with Crippen LogP contribution in [0.25, 0.3) is 0 Å². The first-order valence-corrected chi connectivity index (χ1v) is 6.38. The number of carbonyl (C=O) groups is 2. The highest BCUT2D eigenvalue weighted by molar-refractivity contribution is 6.52. The second-order valence-corrected chi connectivity index (χ2v) is 5.01. The summed E-state index contributed by atoms with van der Waals surface area (Å²) in [6.07, 6.45) is 1.82. The summed E-state index contributed by atoms with van der Waals surface area (Å²) in [4.78, 5) is 25.8. The van der Waals surface area contributed by atoms with Gasteiger partial charge in [-0.3, -0.25) is 9.59 Å². The molecule has 2 aliphatic heterocycles. The average molecular weight is 244 g/mol. The number of nitrogens with zero attached hydrogens (tertiary/aromatic N) is 1. The highest BCUT2D eigenvalue weighted by atomic mass is 16.2. The van der Waals surface area contributed by atoms with Crippen LogP contribution in [0.5, 0.6) is 0 Å². The molecule has 1 aromatic carbocycles. The topological polar surface area (TPSA) is 49.4 Å². The lowest BCUT2D eigenvalue weighted by molar-refractivity contribution is -0.114. The first kappa shape index (κ1) is 11.4. The number of hydrogen-bond acceptors (Lipinski definition) is 3. The minimum Gasteiger partial charge on any atom is -0.317 e. The molecular formula is C14H16N2O2. The Morgan fingerprint density at radius 3 is 2.67 bits per heavy atom. The number of benzene rings is 1. The van der Waals surface area contributed by atoms with Crippen LogP contribution in [0.4, 0.5) is 5.69 Å². The van der Waals surface area contributed by atoms with E-state index in [1.54, 1.807) is 4.90 Å². The Morgan fingerprint density at radius 1 is 1.22 bits per heavy atom. The van der Waals surface area contributed by atoms with Crippen molar-refractivity contribution in [2.45, 2.75) is 25.8 Å². The SMILES string of the molecule is Cc1ccc2c(c1)C(=O)C(=O)N2C1CCNCC1. The minimum absolute atomic E-state index is 0.159. The number of piperidine rings is 1. The fourth-order valence-corrected chi connectivity index (χ4v) is 2.80. The van der Waals surface area contributed by atoms with Gasteiger partial charge in [-0.1, -0.05) is 11.6 Å². The van der Waals surface area contributed by atoms with Crippen LogP contribution in [0.2, 0.25) is 0 Å². The molecule has 2 aliphatic rings. The van der Waals surface area contributed by atoms with Gasteiger partial charge in [0, 0.05) is 6.04 Å². The first-order valence-electron chi connectivity index (χ1n) is 6.38. The maximum Gasteiger partial charge on any atom is 0.299 e. The molecule has 3 rings (SSSR count). The van der Waals surface area contributed by atoms with Crippen LogP contribution < -0.4 is 10.2 Å². The summed E-state index contributed by atoms with van der Waals surface area (Å²) < 4.78 is 0. The number of aryl methyl sites for hydroxylation is 1. The second-order valence-electron chi connectivity index (χ2n) is 5.01. The molecule has 0 radical (unpaired) electrons. The Balaban J connectivity index is 2.01. The Hall–Kier alpha value is -1.68. The summed E-state index contributed by atoms with van der Waals surface area (Å²) in [5.41, 5.74) is 2.38. The molecule has 0 unspecified atom stereocenters. The van der Waals surface area contributed by atoms with Crippen molar-refractivity contribution >= 4 is 17.4 Å². The monoisotopic (exact) mass is 244 g/mol. The maximum absolute atomic E-state index is 12.1. The number of fused-ring (bicyclic) bond motifs is 1. The quantitative estimate of drug-likeness (QED) is 0.757. The van der Waals surface area contributed by atoms with Crippen molar-refractivity contribution in [2.75, 3.05) is 18.0 Å². The van der Waals surface area contributed by atoms with Gasteiger partial charge in [0.1, 0.15) is 0 Å². The molecule has 1 fully saturated rings. The summed E-state index contributed by atoms with van der Waals surface area (Å²) in [5.74, 6) is -0.713. The van der Waals surface area contributed by atoms with Gasteiger partial charge >= 0.3 is 0 Å². The van der Waals surface area contributed by atoms with Crippen molar-refractivity contribution in [3.63, 3.8) is 0 Å². The van der Waals surface area contributed by atoms with Crippen molar-refractivity contribution in [1.29, 1.82) is 0 Å². The van der Waals surface area contributed by atoms with Gasteiger partial charge in [0.25, 0.3) is 11.7 Å². The lowest BCUT2D eigenvalue weighted by Crippen LogP contribution is -2.45. The van der Waals surface area contributed by atoms with E-state index >= 15 is 0 Å². The van der Waals surface area contributed by atoms with E-state index in [0.29, 0.717) is 5.56 Å². The van der Waals surface area contributed by atoms with E-state index in [9.17, 15) is 9.59 Å². The summed E-state index contributed by atoms with van der Waals surface area (Å²) in [7, 11) is 0. The molecule has 0 spiro atoms. The van der Waals surface area contributed by atoms with E-state index in [4.69, 9.17) is 0 Å². The minimum atomic E-state index is -0.359. The normalized spacial score (nSPS) is 20.4. The largest absolute Gasteiger partial charge is 0.317 e. The Morgan fingerprint density at radius 2 is 1.94 bits per heavy atom. The molecule has 1 N–H and O–H groups in total. The van der Waals surface area contributed by atoms with Crippen molar-refractivity contribution in [2.24, 2.45) is 0 Å². The summed E-state index contributed by atoms with van der Waals surface area (Å²) in [5, 5.41) is 3.27. The number of amides is 1.